The molecule has 0 radical (unpaired) electrons. The molecule has 80 valence electrons. The Morgan fingerprint density at radius 3 is 2.71 bits per heavy atom. The maximum absolute atomic E-state index is 4.33. The third-order valence-electron chi connectivity index (χ3n) is 2.18. The van der Waals surface area contributed by atoms with Crippen molar-refractivity contribution in [2.75, 3.05) is 6.54 Å². The summed E-state index contributed by atoms with van der Waals surface area (Å²) in [6.45, 7) is 7.52. The molecule has 0 saturated carbocycles. The molecular formula is C10H18IN3. The molecule has 0 aliphatic carbocycles. The average Bonchev–Trinajstić information content (AvgIpc) is 2.53. The molecule has 4 heteroatoms. The first-order chi connectivity index (χ1) is 6.63. The SMILES string of the molecule is CCC(CNC(C)C)n1cc(I)cn1. The molecule has 0 fully saturated rings. The molecular weight excluding hydrogens is 289 g/mol. The number of hydrogen-bond acceptors (Lipinski definition) is 2. The van der Waals surface area contributed by atoms with E-state index < -0.39 is 0 Å². The van der Waals surface area contributed by atoms with E-state index in [0.717, 1.165) is 13.0 Å². The van der Waals surface area contributed by atoms with Crippen molar-refractivity contribution >= 4 is 22.6 Å². The van der Waals surface area contributed by atoms with E-state index in [0.29, 0.717) is 12.1 Å². The van der Waals surface area contributed by atoms with Crippen molar-refractivity contribution < 1.29 is 0 Å². The van der Waals surface area contributed by atoms with E-state index >= 15 is 0 Å². The van der Waals surface area contributed by atoms with Crippen LogP contribution < -0.4 is 5.32 Å². The van der Waals surface area contributed by atoms with Crippen molar-refractivity contribution in [3.05, 3.63) is 16.0 Å². The van der Waals surface area contributed by atoms with Crippen LogP contribution in [0.1, 0.15) is 33.2 Å². The summed E-state index contributed by atoms with van der Waals surface area (Å²) < 4.78 is 3.25. The summed E-state index contributed by atoms with van der Waals surface area (Å²) in [5, 5.41) is 7.78. The van der Waals surface area contributed by atoms with E-state index in [4.69, 9.17) is 0 Å². The van der Waals surface area contributed by atoms with Gasteiger partial charge in [-0.3, -0.25) is 4.68 Å². The van der Waals surface area contributed by atoms with Crippen molar-refractivity contribution in [3.8, 4) is 0 Å². The van der Waals surface area contributed by atoms with Crippen LogP contribution in [0.25, 0.3) is 0 Å². The van der Waals surface area contributed by atoms with Gasteiger partial charge in [0.15, 0.2) is 0 Å². The molecule has 14 heavy (non-hydrogen) atoms. The molecule has 3 nitrogen and oxygen atoms in total. The van der Waals surface area contributed by atoms with Crippen LogP contribution in [0.2, 0.25) is 0 Å². The van der Waals surface area contributed by atoms with Gasteiger partial charge < -0.3 is 5.32 Å². The van der Waals surface area contributed by atoms with Crippen molar-refractivity contribution in [1.82, 2.24) is 15.1 Å². The fourth-order valence-corrected chi connectivity index (χ4v) is 1.72. The van der Waals surface area contributed by atoms with Crippen molar-refractivity contribution in [1.29, 1.82) is 0 Å². The molecule has 1 N–H and O–H groups in total. The zero-order valence-electron chi connectivity index (χ0n) is 9.00. The average molecular weight is 307 g/mol. The first kappa shape index (κ1) is 12.0. The van der Waals surface area contributed by atoms with Crippen molar-refractivity contribution in [3.63, 3.8) is 0 Å². The summed E-state index contributed by atoms with van der Waals surface area (Å²) in [6.07, 6.45) is 5.10. The molecule has 1 aromatic heterocycles. The first-order valence-electron chi connectivity index (χ1n) is 5.06. The third kappa shape index (κ3) is 3.57. The van der Waals surface area contributed by atoms with E-state index in [9.17, 15) is 0 Å². The zero-order valence-corrected chi connectivity index (χ0v) is 11.2. The van der Waals surface area contributed by atoms with Crippen LogP contribution in [-0.2, 0) is 0 Å². The molecule has 0 saturated heterocycles. The van der Waals surface area contributed by atoms with E-state index in [1.165, 1.54) is 3.57 Å². The predicted octanol–water partition coefficient (Wildman–Crippen LogP) is 2.44. The second kappa shape index (κ2) is 5.70. The predicted molar refractivity (Wildman–Crippen MR) is 67.4 cm³/mol. The maximum Gasteiger partial charge on any atom is 0.0641 e. The lowest BCUT2D eigenvalue weighted by atomic mass is 10.2. The Balaban J connectivity index is 2.54. The van der Waals surface area contributed by atoms with Crippen LogP contribution in [0.5, 0.6) is 0 Å². The van der Waals surface area contributed by atoms with E-state index in [1.807, 2.05) is 6.20 Å². The minimum absolute atomic E-state index is 0.473. The van der Waals surface area contributed by atoms with Crippen LogP contribution in [0.3, 0.4) is 0 Å². The van der Waals surface area contributed by atoms with E-state index in [2.05, 4.69) is 64.7 Å². The highest BCUT2D eigenvalue weighted by Gasteiger charge is 2.09. The highest BCUT2D eigenvalue weighted by Crippen LogP contribution is 2.11. The lowest BCUT2D eigenvalue weighted by molar-refractivity contribution is 0.396. The molecule has 1 unspecified atom stereocenters. The van der Waals surface area contributed by atoms with Crippen LogP contribution in [0.15, 0.2) is 12.4 Å². The number of aromatic nitrogens is 2. The summed E-state index contributed by atoms with van der Waals surface area (Å²) in [5.41, 5.74) is 0. The maximum atomic E-state index is 4.33. The number of hydrogen-bond donors (Lipinski definition) is 1. The Hall–Kier alpha value is -0.100. The molecule has 1 rings (SSSR count). The number of rotatable bonds is 5. The van der Waals surface area contributed by atoms with Crippen molar-refractivity contribution in [2.45, 2.75) is 39.3 Å². The van der Waals surface area contributed by atoms with Gasteiger partial charge in [-0.25, -0.2) is 0 Å². The molecule has 1 aromatic rings. The lowest BCUT2D eigenvalue weighted by Gasteiger charge is -2.17. The van der Waals surface area contributed by atoms with Gasteiger partial charge in [-0.15, -0.1) is 0 Å². The minimum atomic E-state index is 0.473. The van der Waals surface area contributed by atoms with Crippen LogP contribution in [0, 0.1) is 3.57 Å². The van der Waals surface area contributed by atoms with Gasteiger partial charge in [0.25, 0.3) is 0 Å². The Labute approximate surface area is 99.4 Å². The summed E-state index contributed by atoms with van der Waals surface area (Å²) in [6, 6.07) is 1.01. The van der Waals surface area contributed by atoms with E-state index in [1.54, 1.807) is 0 Å². The third-order valence-corrected chi connectivity index (χ3v) is 2.73. The highest BCUT2D eigenvalue weighted by atomic mass is 127. The Bertz CT molecular complexity index is 270. The van der Waals surface area contributed by atoms with E-state index in [-0.39, 0.29) is 0 Å². The standard InChI is InChI=1S/C10H18IN3/c1-4-10(6-12-8(2)3)14-7-9(11)5-13-14/h5,7-8,10,12H,4,6H2,1-3H3. The first-order valence-corrected chi connectivity index (χ1v) is 6.14. The summed E-state index contributed by atoms with van der Waals surface area (Å²) in [4.78, 5) is 0. The molecule has 0 amide bonds. The largest absolute Gasteiger partial charge is 0.312 e. The molecule has 0 bridgehead atoms. The lowest BCUT2D eigenvalue weighted by Crippen LogP contribution is -2.30. The summed E-state index contributed by atoms with van der Waals surface area (Å²) in [5.74, 6) is 0. The number of halogens is 1. The molecule has 1 heterocycles. The second-order valence-electron chi connectivity index (χ2n) is 3.76. The molecule has 0 aliphatic rings. The minimum Gasteiger partial charge on any atom is -0.312 e. The topological polar surface area (TPSA) is 29.9 Å². The van der Waals surface area contributed by atoms with Gasteiger partial charge in [0.1, 0.15) is 0 Å². The monoisotopic (exact) mass is 307 g/mol. The van der Waals surface area contributed by atoms with Gasteiger partial charge in [0, 0.05) is 18.8 Å². The normalized spacial score (nSPS) is 13.5. The second-order valence-corrected chi connectivity index (χ2v) is 5.01. The van der Waals surface area contributed by atoms with Crippen LogP contribution >= 0.6 is 22.6 Å². The molecule has 0 aromatic carbocycles. The molecule has 1 atom stereocenters. The van der Waals surface area contributed by atoms with Gasteiger partial charge in [-0.1, -0.05) is 20.8 Å². The Kier molecular flexibility index (Phi) is 4.88. The van der Waals surface area contributed by atoms with Crippen LogP contribution in [-0.4, -0.2) is 22.4 Å². The number of nitrogens with zero attached hydrogens (tertiary/aromatic N) is 2. The Morgan fingerprint density at radius 1 is 1.57 bits per heavy atom. The zero-order chi connectivity index (χ0) is 10.6. The highest BCUT2D eigenvalue weighted by molar-refractivity contribution is 14.1. The van der Waals surface area contributed by atoms with Gasteiger partial charge in [0.2, 0.25) is 0 Å². The fraction of sp³-hybridized carbons (Fsp3) is 0.700. The van der Waals surface area contributed by atoms with Crippen LogP contribution in [0.4, 0.5) is 0 Å². The van der Waals surface area contributed by atoms with Gasteiger partial charge in [-0.2, -0.15) is 5.10 Å². The smallest absolute Gasteiger partial charge is 0.0641 e. The van der Waals surface area contributed by atoms with Gasteiger partial charge in [-0.05, 0) is 29.0 Å². The summed E-state index contributed by atoms with van der Waals surface area (Å²) in [7, 11) is 0. The Morgan fingerprint density at radius 2 is 2.29 bits per heavy atom. The van der Waals surface area contributed by atoms with Crippen molar-refractivity contribution in [2.24, 2.45) is 0 Å². The molecule has 0 aliphatic heterocycles. The number of nitrogens with one attached hydrogen (secondary N) is 1. The van der Waals surface area contributed by atoms with Gasteiger partial charge in [0.05, 0.1) is 15.8 Å². The van der Waals surface area contributed by atoms with Gasteiger partial charge >= 0.3 is 0 Å². The summed E-state index contributed by atoms with van der Waals surface area (Å²) >= 11 is 2.29. The fourth-order valence-electron chi connectivity index (χ4n) is 1.31. The quantitative estimate of drug-likeness (QED) is 0.847. The molecule has 0 spiro atoms.